The van der Waals surface area contributed by atoms with Gasteiger partial charge in [-0.05, 0) is 60.2 Å². The van der Waals surface area contributed by atoms with Crippen LogP contribution >= 0.6 is 11.6 Å². The van der Waals surface area contributed by atoms with Crippen molar-refractivity contribution in [2.24, 2.45) is 0 Å². The number of carbonyl (C=O) groups excluding carboxylic acids is 2. The number of amides is 2. The highest BCUT2D eigenvalue weighted by atomic mass is 35.5. The van der Waals surface area contributed by atoms with Crippen LogP contribution in [0.3, 0.4) is 0 Å². The van der Waals surface area contributed by atoms with Crippen molar-refractivity contribution >= 4 is 29.1 Å². The molecule has 2 fully saturated rings. The first kappa shape index (κ1) is 33.5. The van der Waals surface area contributed by atoms with Gasteiger partial charge in [0.1, 0.15) is 5.65 Å². The molecule has 10 nitrogen and oxygen atoms in total. The van der Waals surface area contributed by atoms with Crippen LogP contribution in [-0.4, -0.2) is 51.4 Å². The van der Waals surface area contributed by atoms with Crippen molar-refractivity contribution in [3.8, 4) is 33.5 Å². The van der Waals surface area contributed by atoms with Crippen molar-refractivity contribution in [3.63, 3.8) is 0 Å². The Bertz CT molecular complexity index is 2170. The van der Waals surface area contributed by atoms with E-state index in [1.54, 1.807) is 28.9 Å². The number of fused-ring (bicyclic) bond motifs is 1. The highest BCUT2D eigenvalue weighted by molar-refractivity contribution is 6.36. The van der Waals surface area contributed by atoms with E-state index >= 15 is 4.39 Å². The summed E-state index contributed by atoms with van der Waals surface area (Å²) < 4.78 is 16.7. The van der Waals surface area contributed by atoms with Crippen LogP contribution in [0.25, 0.3) is 39.2 Å². The van der Waals surface area contributed by atoms with Crippen molar-refractivity contribution in [1.82, 2.24) is 35.6 Å². The van der Waals surface area contributed by atoms with E-state index in [1.807, 2.05) is 55.5 Å². The van der Waals surface area contributed by atoms with Gasteiger partial charge in [-0.2, -0.15) is 4.39 Å². The normalized spacial score (nSPS) is 17.3. The van der Waals surface area contributed by atoms with Gasteiger partial charge in [-0.15, -0.1) is 0 Å². The lowest BCUT2D eigenvalue weighted by Gasteiger charge is -2.16. The minimum absolute atomic E-state index is 0.0479. The molecule has 2 aliphatic heterocycles. The van der Waals surface area contributed by atoms with Crippen LogP contribution in [0.4, 0.5) is 4.39 Å². The third-order valence-corrected chi connectivity index (χ3v) is 9.91. The lowest BCUT2D eigenvalue weighted by atomic mass is 9.92. The van der Waals surface area contributed by atoms with E-state index in [4.69, 9.17) is 11.6 Å². The van der Waals surface area contributed by atoms with Crippen LogP contribution in [0.2, 0.25) is 5.02 Å². The molecule has 3 aromatic heterocycles. The first-order chi connectivity index (χ1) is 24.2. The van der Waals surface area contributed by atoms with Crippen LogP contribution < -0.4 is 26.8 Å². The fourth-order valence-electron chi connectivity index (χ4n) is 6.75. The molecule has 12 heteroatoms. The second-order valence-corrected chi connectivity index (χ2v) is 13.3. The largest absolute Gasteiger partial charge is 0.352 e. The molecule has 0 bridgehead atoms. The molecule has 0 unspecified atom stereocenters. The van der Waals surface area contributed by atoms with E-state index in [2.05, 4.69) is 31.2 Å². The van der Waals surface area contributed by atoms with E-state index < -0.39 is 5.95 Å². The summed E-state index contributed by atoms with van der Waals surface area (Å²) in [4.78, 5) is 45.0. The Morgan fingerprint density at radius 1 is 0.840 bits per heavy atom. The summed E-state index contributed by atoms with van der Waals surface area (Å²) in [5, 5.41) is 12.8. The van der Waals surface area contributed by atoms with Crippen molar-refractivity contribution < 1.29 is 14.0 Å². The third kappa shape index (κ3) is 7.02. The van der Waals surface area contributed by atoms with Gasteiger partial charge < -0.3 is 21.3 Å². The molecule has 2 atom stereocenters. The van der Waals surface area contributed by atoms with Crippen LogP contribution in [-0.2, 0) is 22.7 Å². The average Bonchev–Trinajstić information content (AvgIpc) is 3.73. The fraction of sp³-hybridized carbons (Fsp3) is 0.289. The van der Waals surface area contributed by atoms with Crippen LogP contribution in [0.15, 0.2) is 77.9 Å². The number of benzene rings is 2. The van der Waals surface area contributed by atoms with Crippen molar-refractivity contribution in [2.45, 2.75) is 57.8 Å². The standard InChI is InChI=1S/C38H37ClFN7O3/c1-22-28(23-14-15-47-33(16-23)43-19-25(38(47)50)18-42-21-27-10-13-35(49)45-27)4-2-5-29(22)30-6-3-7-31(36(30)39)32-11-8-24(37(40)46-32)17-41-20-26-9-12-34(48)44-26/h2-8,11,14-16,19,26-27,41-42H,9-10,12-13,17-18,20-21H2,1H3,(H,44,48)(H,45,49)/t26-,27-/m1/s1. The number of nitrogens with one attached hydrogen (secondary N) is 4. The fourth-order valence-corrected chi connectivity index (χ4v) is 7.07. The Balaban J connectivity index is 1.09. The Morgan fingerprint density at radius 3 is 2.14 bits per heavy atom. The van der Waals surface area contributed by atoms with E-state index in [-0.39, 0.29) is 29.5 Å². The van der Waals surface area contributed by atoms with E-state index in [9.17, 15) is 14.4 Å². The molecule has 2 saturated heterocycles. The molecule has 0 aliphatic carbocycles. The number of pyridine rings is 2. The van der Waals surface area contributed by atoms with Crippen molar-refractivity contribution in [3.05, 3.63) is 111 Å². The van der Waals surface area contributed by atoms with Gasteiger partial charge in [0.05, 0.1) is 10.7 Å². The molecule has 5 heterocycles. The predicted octanol–water partition coefficient (Wildman–Crippen LogP) is 4.93. The second-order valence-electron chi connectivity index (χ2n) is 12.9. The van der Waals surface area contributed by atoms with Crippen LogP contribution in [0, 0.1) is 12.9 Å². The highest BCUT2D eigenvalue weighted by Gasteiger charge is 2.22. The van der Waals surface area contributed by atoms with Crippen molar-refractivity contribution in [2.75, 3.05) is 13.1 Å². The summed E-state index contributed by atoms with van der Waals surface area (Å²) >= 11 is 7.02. The Hall–Kier alpha value is -4.97. The third-order valence-electron chi connectivity index (χ3n) is 9.50. The molecule has 50 heavy (non-hydrogen) atoms. The number of hydrogen-bond donors (Lipinski definition) is 4. The summed E-state index contributed by atoms with van der Waals surface area (Å²) in [7, 11) is 0. The van der Waals surface area contributed by atoms with Crippen LogP contribution in [0.5, 0.6) is 0 Å². The van der Waals surface area contributed by atoms with Gasteiger partial charge in [-0.1, -0.05) is 54.1 Å². The second kappa shape index (κ2) is 14.5. The van der Waals surface area contributed by atoms with Gasteiger partial charge in [0.25, 0.3) is 5.56 Å². The molecule has 2 amide bonds. The molecular formula is C38H37ClFN7O3. The van der Waals surface area contributed by atoms with Crippen LogP contribution in [0.1, 0.15) is 42.4 Å². The van der Waals surface area contributed by atoms with Gasteiger partial charge in [-0.3, -0.25) is 18.8 Å². The molecule has 5 aromatic rings. The van der Waals surface area contributed by atoms with Gasteiger partial charge in [0.15, 0.2) is 0 Å². The summed E-state index contributed by atoms with van der Waals surface area (Å²) in [5.41, 5.74) is 6.96. The summed E-state index contributed by atoms with van der Waals surface area (Å²) in [6, 6.07) is 19.0. The smallest absolute Gasteiger partial charge is 0.262 e. The lowest BCUT2D eigenvalue weighted by Crippen LogP contribution is -2.36. The summed E-state index contributed by atoms with van der Waals surface area (Å²) in [6.45, 7) is 3.84. The molecule has 2 aliphatic rings. The Kier molecular flexibility index (Phi) is 9.71. The minimum atomic E-state index is -0.573. The molecule has 7 rings (SSSR count). The topological polar surface area (TPSA) is 130 Å². The Morgan fingerprint density at radius 2 is 1.48 bits per heavy atom. The molecule has 0 radical (unpaired) electrons. The molecule has 4 N–H and O–H groups in total. The summed E-state index contributed by atoms with van der Waals surface area (Å²) in [6.07, 6.45) is 5.97. The monoisotopic (exact) mass is 693 g/mol. The molecule has 0 spiro atoms. The first-order valence-electron chi connectivity index (χ1n) is 16.8. The van der Waals surface area contributed by atoms with E-state index in [0.29, 0.717) is 72.1 Å². The minimum Gasteiger partial charge on any atom is -0.352 e. The zero-order valence-corrected chi connectivity index (χ0v) is 28.3. The maximum absolute atomic E-state index is 15.1. The highest BCUT2D eigenvalue weighted by Crippen LogP contribution is 2.39. The number of rotatable bonds is 11. The zero-order valence-electron chi connectivity index (χ0n) is 27.6. The number of carbonyl (C=O) groups is 2. The maximum Gasteiger partial charge on any atom is 0.262 e. The number of nitrogens with zero attached hydrogens (tertiary/aromatic N) is 3. The number of hydrogen-bond acceptors (Lipinski definition) is 7. The molecule has 256 valence electrons. The Labute approximate surface area is 293 Å². The predicted molar refractivity (Wildman–Crippen MR) is 191 cm³/mol. The van der Waals surface area contributed by atoms with Gasteiger partial charge in [0, 0.05) is 85.8 Å². The van der Waals surface area contributed by atoms with E-state index in [0.717, 1.165) is 40.7 Å². The average molecular weight is 694 g/mol. The molecular weight excluding hydrogens is 657 g/mol. The van der Waals surface area contributed by atoms with Gasteiger partial charge in [-0.25, -0.2) is 9.97 Å². The number of aromatic nitrogens is 3. The van der Waals surface area contributed by atoms with E-state index in [1.165, 1.54) is 0 Å². The maximum atomic E-state index is 15.1. The number of halogens is 2. The van der Waals surface area contributed by atoms with Gasteiger partial charge >= 0.3 is 0 Å². The molecule has 2 aromatic carbocycles. The molecule has 0 saturated carbocycles. The zero-order chi connectivity index (χ0) is 34.8. The van der Waals surface area contributed by atoms with Crippen molar-refractivity contribution in [1.29, 1.82) is 0 Å². The SMILES string of the molecule is Cc1c(-c2ccn3c(=O)c(CNC[C@H]4CCC(=O)N4)cnc3c2)cccc1-c1cccc(-c2ccc(CNC[C@H]3CCC(=O)N3)c(F)n2)c1Cl. The lowest BCUT2D eigenvalue weighted by molar-refractivity contribution is -0.120. The first-order valence-corrected chi connectivity index (χ1v) is 17.2. The quantitative estimate of drug-likeness (QED) is 0.145. The summed E-state index contributed by atoms with van der Waals surface area (Å²) in [5.74, 6) is -0.463. The van der Waals surface area contributed by atoms with Gasteiger partial charge in [0.2, 0.25) is 17.8 Å².